The molecule has 106 valence electrons. The third kappa shape index (κ3) is 2.73. The van der Waals surface area contributed by atoms with Crippen LogP contribution in [0.3, 0.4) is 0 Å². The molecule has 0 bridgehead atoms. The van der Waals surface area contributed by atoms with E-state index in [1.807, 2.05) is 0 Å². The fraction of sp³-hybridized carbons (Fsp3) is 0. The summed E-state index contributed by atoms with van der Waals surface area (Å²) in [5, 5.41) is 3.28. The molecule has 3 aromatic rings. The van der Waals surface area contributed by atoms with Crippen molar-refractivity contribution in [2.45, 2.75) is 0 Å². The number of H-pyrrole nitrogens is 1. The van der Waals surface area contributed by atoms with Crippen LogP contribution in [0.15, 0.2) is 45.7 Å². The molecule has 0 spiro atoms. The van der Waals surface area contributed by atoms with Gasteiger partial charge in [-0.25, -0.2) is 9.37 Å². The molecular formula is C14H10BrFN4O. The van der Waals surface area contributed by atoms with E-state index in [4.69, 9.17) is 5.73 Å². The van der Waals surface area contributed by atoms with Gasteiger partial charge in [0.25, 0.3) is 5.56 Å². The normalized spacial score (nSPS) is 10.8. The van der Waals surface area contributed by atoms with Crippen molar-refractivity contribution in [2.75, 3.05) is 11.1 Å². The highest BCUT2D eigenvalue weighted by Crippen LogP contribution is 2.25. The molecule has 0 fully saturated rings. The van der Waals surface area contributed by atoms with Crippen molar-refractivity contribution in [1.82, 2.24) is 9.97 Å². The van der Waals surface area contributed by atoms with E-state index in [1.54, 1.807) is 24.3 Å². The first-order chi connectivity index (χ1) is 10.0. The molecular weight excluding hydrogens is 339 g/mol. The summed E-state index contributed by atoms with van der Waals surface area (Å²) in [5.41, 5.74) is 6.79. The number of aromatic amines is 1. The Morgan fingerprint density at radius 1 is 1.24 bits per heavy atom. The van der Waals surface area contributed by atoms with Crippen LogP contribution < -0.4 is 16.6 Å². The van der Waals surface area contributed by atoms with Gasteiger partial charge < -0.3 is 11.1 Å². The van der Waals surface area contributed by atoms with Crippen molar-refractivity contribution in [2.24, 2.45) is 0 Å². The fourth-order valence-electron chi connectivity index (χ4n) is 1.94. The molecule has 0 radical (unpaired) electrons. The van der Waals surface area contributed by atoms with E-state index in [0.717, 1.165) is 0 Å². The minimum absolute atomic E-state index is 0.226. The minimum Gasteiger partial charge on any atom is -0.399 e. The Kier molecular flexibility index (Phi) is 3.34. The molecule has 21 heavy (non-hydrogen) atoms. The van der Waals surface area contributed by atoms with Gasteiger partial charge in [-0.3, -0.25) is 9.78 Å². The van der Waals surface area contributed by atoms with Crippen molar-refractivity contribution < 1.29 is 4.39 Å². The van der Waals surface area contributed by atoms with Gasteiger partial charge in [-0.1, -0.05) is 0 Å². The van der Waals surface area contributed by atoms with Gasteiger partial charge in [0.05, 0.1) is 16.6 Å². The smallest absolute Gasteiger partial charge is 0.260 e. The number of hydrogen-bond acceptors (Lipinski definition) is 4. The van der Waals surface area contributed by atoms with Crippen molar-refractivity contribution in [3.63, 3.8) is 0 Å². The average Bonchev–Trinajstić information content (AvgIpc) is 2.44. The quantitative estimate of drug-likeness (QED) is 0.621. The number of rotatable bonds is 2. The first-order valence-corrected chi connectivity index (χ1v) is 6.84. The van der Waals surface area contributed by atoms with Crippen LogP contribution in [0.1, 0.15) is 0 Å². The summed E-state index contributed by atoms with van der Waals surface area (Å²) in [5.74, 6) is -0.166. The number of nitrogen functional groups attached to an aromatic ring is 1. The van der Waals surface area contributed by atoms with Crippen LogP contribution in [-0.2, 0) is 0 Å². The van der Waals surface area contributed by atoms with Gasteiger partial charge in [-0.15, -0.1) is 0 Å². The van der Waals surface area contributed by atoms with Gasteiger partial charge in [-0.05, 0) is 52.3 Å². The van der Waals surface area contributed by atoms with Gasteiger partial charge in [-0.2, -0.15) is 0 Å². The lowest BCUT2D eigenvalue weighted by Gasteiger charge is -2.08. The maximum absolute atomic E-state index is 13.3. The van der Waals surface area contributed by atoms with Crippen LogP contribution in [-0.4, -0.2) is 9.97 Å². The number of anilines is 3. The number of hydrogen-bond donors (Lipinski definition) is 3. The number of nitrogens with two attached hydrogens (primary N) is 1. The van der Waals surface area contributed by atoms with Crippen molar-refractivity contribution in [1.29, 1.82) is 0 Å². The summed E-state index contributed by atoms with van der Waals surface area (Å²) < 4.78 is 13.9. The first-order valence-electron chi connectivity index (χ1n) is 6.04. The summed E-state index contributed by atoms with van der Waals surface area (Å²) in [6.45, 7) is 0. The molecule has 0 aliphatic heterocycles. The molecule has 5 nitrogen and oxygen atoms in total. The van der Waals surface area contributed by atoms with Gasteiger partial charge in [0.2, 0.25) is 5.95 Å². The van der Waals surface area contributed by atoms with E-state index in [0.29, 0.717) is 26.8 Å². The molecule has 4 N–H and O–H groups in total. The fourth-order valence-corrected chi connectivity index (χ4v) is 2.28. The summed E-state index contributed by atoms with van der Waals surface area (Å²) in [4.78, 5) is 18.9. The number of benzene rings is 2. The van der Waals surface area contributed by atoms with Crippen LogP contribution in [0.5, 0.6) is 0 Å². The van der Waals surface area contributed by atoms with Crippen molar-refractivity contribution in [3.05, 3.63) is 57.0 Å². The molecule has 0 amide bonds. The summed E-state index contributed by atoms with van der Waals surface area (Å²) in [6.07, 6.45) is 0. The Balaban J connectivity index is 2.07. The van der Waals surface area contributed by atoms with Crippen molar-refractivity contribution >= 4 is 44.2 Å². The molecule has 7 heteroatoms. The largest absolute Gasteiger partial charge is 0.399 e. The predicted octanol–water partition coefficient (Wildman–Crippen LogP) is 3.15. The first kappa shape index (κ1) is 13.6. The average molecular weight is 349 g/mol. The highest BCUT2D eigenvalue weighted by molar-refractivity contribution is 9.10. The Morgan fingerprint density at radius 3 is 2.86 bits per heavy atom. The third-order valence-corrected chi connectivity index (χ3v) is 3.60. The SMILES string of the molecule is Nc1ccc2nc(Nc3cc(F)ccc3Br)[nH]c(=O)c2c1. The Morgan fingerprint density at radius 2 is 2.05 bits per heavy atom. The van der Waals surface area contributed by atoms with E-state index in [2.05, 4.69) is 31.2 Å². The zero-order valence-electron chi connectivity index (χ0n) is 10.7. The third-order valence-electron chi connectivity index (χ3n) is 2.91. The molecule has 2 aromatic carbocycles. The van der Waals surface area contributed by atoms with Gasteiger partial charge in [0.15, 0.2) is 0 Å². The Bertz CT molecular complexity index is 894. The topological polar surface area (TPSA) is 83.8 Å². The van der Waals surface area contributed by atoms with Gasteiger partial charge in [0, 0.05) is 10.2 Å². The summed E-state index contributed by atoms with van der Waals surface area (Å²) in [7, 11) is 0. The lowest BCUT2D eigenvalue weighted by atomic mass is 10.2. The molecule has 0 saturated heterocycles. The monoisotopic (exact) mass is 348 g/mol. The molecule has 0 unspecified atom stereocenters. The molecule has 0 aliphatic rings. The summed E-state index contributed by atoms with van der Waals surface area (Å²) in [6, 6.07) is 9.08. The maximum Gasteiger partial charge on any atom is 0.260 e. The second kappa shape index (κ2) is 5.17. The molecule has 0 atom stereocenters. The van der Waals surface area contributed by atoms with Crippen LogP contribution >= 0.6 is 15.9 Å². The van der Waals surface area contributed by atoms with E-state index < -0.39 is 5.82 Å². The highest BCUT2D eigenvalue weighted by Gasteiger charge is 2.07. The summed E-state index contributed by atoms with van der Waals surface area (Å²) >= 11 is 3.30. The predicted molar refractivity (Wildman–Crippen MR) is 84.2 cm³/mol. The molecule has 3 rings (SSSR count). The van der Waals surface area contributed by atoms with E-state index in [-0.39, 0.29) is 11.5 Å². The van der Waals surface area contributed by atoms with Gasteiger partial charge in [0.1, 0.15) is 5.82 Å². The second-order valence-corrected chi connectivity index (χ2v) is 5.29. The molecule has 0 saturated carbocycles. The number of nitrogens with one attached hydrogen (secondary N) is 2. The van der Waals surface area contributed by atoms with E-state index in [1.165, 1.54) is 12.1 Å². The van der Waals surface area contributed by atoms with E-state index >= 15 is 0 Å². The molecule has 1 heterocycles. The lowest BCUT2D eigenvalue weighted by Crippen LogP contribution is -2.11. The Hall–Kier alpha value is -2.41. The Labute approximate surface area is 127 Å². The molecule has 0 aliphatic carbocycles. The van der Waals surface area contributed by atoms with E-state index in [9.17, 15) is 9.18 Å². The lowest BCUT2D eigenvalue weighted by molar-refractivity contribution is 0.628. The van der Waals surface area contributed by atoms with Crippen LogP contribution in [0.4, 0.5) is 21.7 Å². The standard InChI is InChI=1S/C14H10BrFN4O/c15-10-3-1-7(16)5-12(10)19-14-18-11-4-2-8(17)6-9(11)13(21)20-14/h1-6H,17H2,(H2,18,19,20,21). The second-order valence-electron chi connectivity index (χ2n) is 4.44. The van der Waals surface area contributed by atoms with Crippen LogP contribution in [0.2, 0.25) is 0 Å². The zero-order chi connectivity index (χ0) is 15.0. The van der Waals surface area contributed by atoms with Gasteiger partial charge >= 0.3 is 0 Å². The minimum atomic E-state index is -0.392. The van der Waals surface area contributed by atoms with Crippen LogP contribution in [0, 0.1) is 5.82 Å². The zero-order valence-corrected chi connectivity index (χ0v) is 12.2. The number of aromatic nitrogens is 2. The highest BCUT2D eigenvalue weighted by atomic mass is 79.9. The number of nitrogens with zero attached hydrogens (tertiary/aromatic N) is 1. The maximum atomic E-state index is 13.3. The van der Waals surface area contributed by atoms with Crippen molar-refractivity contribution in [3.8, 4) is 0 Å². The number of halogens is 2. The molecule has 1 aromatic heterocycles. The number of fused-ring (bicyclic) bond motifs is 1. The van der Waals surface area contributed by atoms with Crippen LogP contribution in [0.25, 0.3) is 10.9 Å².